The van der Waals surface area contributed by atoms with Gasteiger partial charge in [0.25, 0.3) is 0 Å². The maximum Gasteiger partial charge on any atom is 0.573 e. The van der Waals surface area contributed by atoms with Crippen molar-refractivity contribution in [2.45, 2.75) is 103 Å². The van der Waals surface area contributed by atoms with E-state index < -0.39 is 23.7 Å². The highest BCUT2D eigenvalue weighted by Gasteiger charge is 2.35. The number of hydrogen-bond donors (Lipinski definition) is 0. The zero-order valence-electron chi connectivity index (χ0n) is 19.6. The van der Waals surface area contributed by atoms with Crippen molar-refractivity contribution in [3.05, 3.63) is 41.5 Å². The lowest BCUT2D eigenvalue weighted by molar-refractivity contribution is -0.276. The molecule has 0 bridgehead atoms. The fourth-order valence-corrected chi connectivity index (χ4v) is 5.61. The zero-order chi connectivity index (χ0) is 23.8. The maximum absolute atomic E-state index is 14.1. The Morgan fingerprint density at radius 2 is 1.33 bits per heavy atom. The van der Waals surface area contributed by atoms with Crippen LogP contribution in [0, 0.1) is 29.4 Å². The van der Waals surface area contributed by atoms with Crippen molar-refractivity contribution in [3.63, 3.8) is 0 Å². The molecule has 6 heteroatoms. The van der Waals surface area contributed by atoms with Crippen LogP contribution in [-0.2, 0) is 0 Å². The molecular weight excluding hydrogens is 435 g/mol. The first-order chi connectivity index (χ1) is 15.7. The number of halogens is 5. The number of hydrogen-bond acceptors (Lipinski definition) is 1. The highest BCUT2D eigenvalue weighted by molar-refractivity contribution is 5.33. The Morgan fingerprint density at radius 1 is 0.818 bits per heavy atom. The number of rotatable bonds is 9. The molecule has 33 heavy (non-hydrogen) atoms. The van der Waals surface area contributed by atoms with Crippen LogP contribution in [0.15, 0.2) is 24.3 Å². The molecule has 2 aliphatic rings. The predicted molar refractivity (Wildman–Crippen MR) is 121 cm³/mol. The van der Waals surface area contributed by atoms with Gasteiger partial charge in [-0.25, -0.2) is 8.78 Å². The topological polar surface area (TPSA) is 9.23 Å². The SMILES string of the molecule is CCCC=CCC1CCC(CCC2CCC(c3cc(F)c(OC(F)(F)F)c(F)c3)CC2)CC1. The monoisotopic (exact) mass is 472 g/mol. The average molecular weight is 473 g/mol. The molecule has 0 N–H and O–H groups in total. The van der Waals surface area contributed by atoms with Gasteiger partial charge in [0, 0.05) is 0 Å². The highest BCUT2D eigenvalue weighted by Crippen LogP contribution is 2.41. The van der Waals surface area contributed by atoms with Crippen LogP contribution in [-0.4, -0.2) is 6.36 Å². The molecule has 186 valence electrons. The summed E-state index contributed by atoms with van der Waals surface area (Å²) in [5.74, 6) is -1.66. The van der Waals surface area contributed by atoms with Crippen molar-refractivity contribution in [2.75, 3.05) is 0 Å². The molecule has 0 heterocycles. The fraction of sp³-hybridized carbons (Fsp3) is 0.704. The van der Waals surface area contributed by atoms with Crippen molar-refractivity contribution >= 4 is 0 Å². The summed E-state index contributed by atoms with van der Waals surface area (Å²) in [5.41, 5.74) is 0.435. The highest BCUT2D eigenvalue weighted by atomic mass is 19.4. The maximum atomic E-state index is 14.1. The minimum Gasteiger partial charge on any atom is -0.399 e. The van der Waals surface area contributed by atoms with Crippen molar-refractivity contribution < 1.29 is 26.7 Å². The predicted octanol–water partition coefficient (Wildman–Crippen LogP) is 9.47. The van der Waals surface area contributed by atoms with Crippen molar-refractivity contribution in [3.8, 4) is 5.75 Å². The van der Waals surface area contributed by atoms with E-state index in [4.69, 9.17) is 0 Å². The van der Waals surface area contributed by atoms with Gasteiger partial charge in [-0.1, -0.05) is 51.2 Å². The number of ether oxygens (including phenoxy) is 1. The van der Waals surface area contributed by atoms with Crippen molar-refractivity contribution in [1.29, 1.82) is 0 Å². The van der Waals surface area contributed by atoms with E-state index in [0.717, 1.165) is 49.7 Å². The second kappa shape index (κ2) is 12.2. The van der Waals surface area contributed by atoms with Crippen LogP contribution in [0.4, 0.5) is 22.0 Å². The lowest BCUT2D eigenvalue weighted by atomic mass is 9.74. The van der Waals surface area contributed by atoms with Crippen LogP contribution in [0.5, 0.6) is 5.75 Å². The van der Waals surface area contributed by atoms with E-state index in [1.54, 1.807) is 0 Å². The van der Waals surface area contributed by atoms with E-state index in [1.165, 1.54) is 57.8 Å². The summed E-state index contributed by atoms with van der Waals surface area (Å²) >= 11 is 0. The van der Waals surface area contributed by atoms with Gasteiger partial charge < -0.3 is 4.74 Å². The normalized spacial score (nSPS) is 26.6. The summed E-state index contributed by atoms with van der Waals surface area (Å²) < 4.78 is 68.6. The zero-order valence-corrected chi connectivity index (χ0v) is 19.6. The Balaban J connectivity index is 1.39. The Kier molecular flexibility index (Phi) is 9.63. The van der Waals surface area contributed by atoms with Gasteiger partial charge in [-0.2, -0.15) is 0 Å². The molecule has 0 aliphatic heterocycles. The number of benzene rings is 1. The van der Waals surface area contributed by atoms with Gasteiger partial charge in [0.15, 0.2) is 11.6 Å². The first-order valence-corrected chi connectivity index (χ1v) is 12.6. The van der Waals surface area contributed by atoms with Gasteiger partial charge in [0.05, 0.1) is 0 Å². The average Bonchev–Trinajstić information content (AvgIpc) is 2.78. The minimum atomic E-state index is -5.12. The Hall–Kier alpha value is -1.59. The lowest BCUT2D eigenvalue weighted by Crippen LogP contribution is -2.20. The van der Waals surface area contributed by atoms with Crippen LogP contribution in [0.1, 0.15) is 102 Å². The fourth-order valence-electron chi connectivity index (χ4n) is 5.61. The van der Waals surface area contributed by atoms with Crippen LogP contribution in [0.3, 0.4) is 0 Å². The van der Waals surface area contributed by atoms with E-state index >= 15 is 0 Å². The second-order valence-corrected chi connectivity index (χ2v) is 10.0. The molecule has 0 saturated heterocycles. The van der Waals surface area contributed by atoms with E-state index in [9.17, 15) is 22.0 Å². The molecule has 0 spiro atoms. The summed E-state index contributed by atoms with van der Waals surface area (Å²) in [5, 5.41) is 0. The Morgan fingerprint density at radius 3 is 1.85 bits per heavy atom. The van der Waals surface area contributed by atoms with Gasteiger partial charge in [0.1, 0.15) is 0 Å². The molecule has 0 amide bonds. The van der Waals surface area contributed by atoms with Gasteiger partial charge in [-0.3, -0.25) is 0 Å². The minimum absolute atomic E-state index is 0.0126. The first kappa shape index (κ1) is 26.0. The van der Waals surface area contributed by atoms with E-state index in [2.05, 4.69) is 23.8 Å². The largest absolute Gasteiger partial charge is 0.573 e. The molecule has 2 fully saturated rings. The van der Waals surface area contributed by atoms with Crippen LogP contribution >= 0.6 is 0 Å². The molecule has 1 nitrogen and oxygen atoms in total. The van der Waals surface area contributed by atoms with E-state index in [0.29, 0.717) is 11.5 Å². The number of unbranched alkanes of at least 4 members (excludes halogenated alkanes) is 1. The van der Waals surface area contributed by atoms with Gasteiger partial charge in [-0.05, 0) is 92.7 Å². The van der Waals surface area contributed by atoms with Crippen LogP contribution < -0.4 is 4.74 Å². The third-order valence-electron chi connectivity index (χ3n) is 7.60. The van der Waals surface area contributed by atoms with Crippen molar-refractivity contribution in [2.24, 2.45) is 17.8 Å². The quantitative estimate of drug-likeness (QED) is 0.257. The van der Waals surface area contributed by atoms with Crippen LogP contribution in [0.2, 0.25) is 0 Å². The summed E-state index contributed by atoms with van der Waals surface area (Å²) in [6.07, 6.45) is 14.6. The van der Waals surface area contributed by atoms with Crippen molar-refractivity contribution in [1.82, 2.24) is 0 Å². The van der Waals surface area contributed by atoms with Gasteiger partial charge in [-0.15, -0.1) is 13.2 Å². The van der Waals surface area contributed by atoms with Crippen LogP contribution in [0.25, 0.3) is 0 Å². The van der Waals surface area contributed by atoms with E-state index in [-0.39, 0.29) is 5.92 Å². The summed E-state index contributed by atoms with van der Waals surface area (Å²) in [4.78, 5) is 0. The Bertz CT molecular complexity index is 733. The number of alkyl halides is 3. The molecule has 2 aliphatic carbocycles. The third kappa shape index (κ3) is 8.29. The molecule has 0 atom stereocenters. The summed E-state index contributed by atoms with van der Waals surface area (Å²) in [7, 11) is 0. The third-order valence-corrected chi connectivity index (χ3v) is 7.60. The second-order valence-electron chi connectivity index (χ2n) is 10.0. The standard InChI is InChI=1S/C27H37F5O/c1-2-3-4-5-6-19-7-9-20(10-8-19)11-12-21-13-15-22(16-14-21)23-17-24(28)26(25(29)18-23)33-27(30,31)32/h4-5,17-22H,2-3,6-16H2,1H3. The summed E-state index contributed by atoms with van der Waals surface area (Å²) in [6.45, 7) is 2.20. The van der Waals surface area contributed by atoms with Gasteiger partial charge in [0.2, 0.25) is 5.75 Å². The Labute approximate surface area is 194 Å². The smallest absolute Gasteiger partial charge is 0.399 e. The molecule has 1 aromatic carbocycles. The molecule has 2 saturated carbocycles. The summed E-state index contributed by atoms with van der Waals surface area (Å²) in [6, 6.07) is 2.01. The molecule has 0 unspecified atom stereocenters. The molecule has 3 rings (SSSR count). The molecule has 0 aromatic heterocycles. The van der Waals surface area contributed by atoms with E-state index in [1.807, 2.05) is 0 Å². The van der Waals surface area contributed by atoms with Gasteiger partial charge >= 0.3 is 6.36 Å². The number of allylic oxidation sites excluding steroid dienone is 2. The molecule has 1 aromatic rings. The molecule has 0 radical (unpaired) electrons. The molecular formula is C27H37F5O. The first-order valence-electron chi connectivity index (χ1n) is 12.6. The lowest BCUT2D eigenvalue weighted by Gasteiger charge is -2.32.